The predicted molar refractivity (Wildman–Crippen MR) is 59.6 cm³/mol. The highest BCUT2D eigenvalue weighted by atomic mass is 28.2. The smallest absolute Gasteiger partial charge is 0.0541 e. The summed E-state index contributed by atoms with van der Waals surface area (Å²) < 4.78 is 0. The normalized spacial score (nSPS) is 12.5. The molecule has 0 aliphatic carbocycles. The first-order valence-corrected chi connectivity index (χ1v) is 6.99. The van der Waals surface area contributed by atoms with E-state index in [4.69, 9.17) is 0 Å². The standard InChI is InChI=1S/C9H24N2Si/c1-5-10-9(11-6-2)7-12-8(3)4/h8-11H,5-7,12H2,1-4H3. The molecule has 0 heterocycles. The third-order valence-corrected chi connectivity index (χ3v) is 4.00. The first-order valence-electron chi connectivity index (χ1n) is 5.17. The third kappa shape index (κ3) is 6.82. The van der Waals surface area contributed by atoms with Gasteiger partial charge in [0.1, 0.15) is 0 Å². The van der Waals surface area contributed by atoms with Crippen molar-refractivity contribution in [3.8, 4) is 0 Å². The van der Waals surface area contributed by atoms with Crippen LogP contribution < -0.4 is 10.6 Å². The van der Waals surface area contributed by atoms with E-state index in [1.807, 2.05) is 0 Å². The topological polar surface area (TPSA) is 24.1 Å². The summed E-state index contributed by atoms with van der Waals surface area (Å²) in [4.78, 5) is 0. The highest BCUT2D eigenvalue weighted by Crippen LogP contribution is 2.01. The Bertz CT molecular complexity index is 90.5. The fraction of sp³-hybridized carbons (Fsp3) is 1.00. The molecule has 0 rings (SSSR count). The van der Waals surface area contributed by atoms with Crippen molar-refractivity contribution in [3.05, 3.63) is 0 Å². The molecule has 0 aromatic rings. The SMILES string of the molecule is CCNC(C[SiH2]C(C)C)NCC. The van der Waals surface area contributed by atoms with Crippen LogP contribution in [0, 0.1) is 0 Å². The van der Waals surface area contributed by atoms with Crippen LogP contribution in [0.25, 0.3) is 0 Å². The Kier molecular flexibility index (Phi) is 7.86. The molecule has 0 aliphatic heterocycles. The van der Waals surface area contributed by atoms with Crippen molar-refractivity contribution in [3.63, 3.8) is 0 Å². The zero-order valence-electron chi connectivity index (χ0n) is 8.98. The number of rotatable bonds is 7. The molecule has 2 nitrogen and oxygen atoms in total. The zero-order chi connectivity index (χ0) is 9.40. The van der Waals surface area contributed by atoms with Gasteiger partial charge in [0.25, 0.3) is 0 Å². The molecular formula is C9H24N2Si. The largest absolute Gasteiger partial charge is 0.302 e. The van der Waals surface area contributed by atoms with Crippen LogP contribution in [0.1, 0.15) is 27.7 Å². The minimum Gasteiger partial charge on any atom is -0.302 e. The van der Waals surface area contributed by atoms with E-state index in [1.165, 1.54) is 6.04 Å². The minimum absolute atomic E-state index is 0.133. The van der Waals surface area contributed by atoms with Crippen molar-refractivity contribution >= 4 is 9.52 Å². The fourth-order valence-corrected chi connectivity index (χ4v) is 2.68. The summed E-state index contributed by atoms with van der Waals surface area (Å²) in [5.41, 5.74) is 0.949. The Labute approximate surface area is 79.3 Å². The third-order valence-electron chi connectivity index (χ3n) is 1.93. The highest BCUT2D eigenvalue weighted by Gasteiger charge is 2.05. The zero-order valence-corrected chi connectivity index (χ0v) is 10.4. The fourth-order valence-electron chi connectivity index (χ4n) is 1.27. The van der Waals surface area contributed by atoms with E-state index in [2.05, 4.69) is 38.3 Å². The average Bonchev–Trinajstić information content (AvgIpc) is 2.01. The quantitative estimate of drug-likeness (QED) is 0.459. The maximum Gasteiger partial charge on any atom is 0.0541 e. The lowest BCUT2D eigenvalue weighted by molar-refractivity contribution is 0.475. The Morgan fingerprint density at radius 1 is 1.08 bits per heavy atom. The van der Waals surface area contributed by atoms with Crippen LogP contribution in [0.5, 0.6) is 0 Å². The van der Waals surface area contributed by atoms with Gasteiger partial charge in [0, 0.05) is 9.52 Å². The van der Waals surface area contributed by atoms with E-state index < -0.39 is 0 Å². The van der Waals surface area contributed by atoms with Gasteiger partial charge in [0.05, 0.1) is 6.17 Å². The maximum atomic E-state index is 3.46. The molecule has 0 bridgehead atoms. The van der Waals surface area contributed by atoms with Gasteiger partial charge in [-0.15, -0.1) is 0 Å². The molecule has 0 aromatic carbocycles. The van der Waals surface area contributed by atoms with Gasteiger partial charge >= 0.3 is 0 Å². The second-order valence-corrected chi connectivity index (χ2v) is 6.43. The molecule has 0 radical (unpaired) electrons. The average molecular weight is 188 g/mol. The van der Waals surface area contributed by atoms with Gasteiger partial charge in [-0.25, -0.2) is 0 Å². The van der Waals surface area contributed by atoms with Crippen LogP contribution in [-0.2, 0) is 0 Å². The number of hydrogen-bond acceptors (Lipinski definition) is 2. The van der Waals surface area contributed by atoms with Gasteiger partial charge in [0.15, 0.2) is 0 Å². The highest BCUT2D eigenvalue weighted by molar-refractivity contribution is 6.37. The Morgan fingerprint density at radius 2 is 1.58 bits per heavy atom. The van der Waals surface area contributed by atoms with Gasteiger partial charge in [-0.3, -0.25) is 0 Å². The molecule has 2 N–H and O–H groups in total. The van der Waals surface area contributed by atoms with Crippen LogP contribution in [0.3, 0.4) is 0 Å². The van der Waals surface area contributed by atoms with Crippen molar-refractivity contribution < 1.29 is 0 Å². The first kappa shape index (κ1) is 12.1. The van der Waals surface area contributed by atoms with Crippen molar-refractivity contribution in [2.45, 2.75) is 45.4 Å². The van der Waals surface area contributed by atoms with Gasteiger partial charge < -0.3 is 10.6 Å². The predicted octanol–water partition coefficient (Wildman–Crippen LogP) is 0.947. The maximum absolute atomic E-state index is 3.46. The molecule has 0 unspecified atom stereocenters. The summed E-state index contributed by atoms with van der Waals surface area (Å²) in [5.74, 6) is 0. The summed E-state index contributed by atoms with van der Waals surface area (Å²) in [6.07, 6.45) is 0.578. The van der Waals surface area contributed by atoms with Crippen molar-refractivity contribution in [1.29, 1.82) is 0 Å². The molecule has 0 atom stereocenters. The molecule has 74 valence electrons. The summed E-state index contributed by atoms with van der Waals surface area (Å²) in [7, 11) is 0.133. The summed E-state index contributed by atoms with van der Waals surface area (Å²) >= 11 is 0. The number of hydrogen-bond donors (Lipinski definition) is 2. The molecule has 12 heavy (non-hydrogen) atoms. The number of nitrogens with one attached hydrogen (secondary N) is 2. The second-order valence-electron chi connectivity index (χ2n) is 3.64. The molecular weight excluding hydrogens is 164 g/mol. The van der Waals surface area contributed by atoms with Crippen LogP contribution >= 0.6 is 0 Å². The summed E-state index contributed by atoms with van der Waals surface area (Å²) in [6.45, 7) is 11.2. The van der Waals surface area contributed by atoms with Crippen molar-refractivity contribution in [2.75, 3.05) is 13.1 Å². The Balaban J connectivity index is 3.48. The van der Waals surface area contributed by atoms with Gasteiger partial charge in [0.2, 0.25) is 0 Å². The molecule has 0 fully saturated rings. The minimum atomic E-state index is 0.133. The molecule has 0 saturated heterocycles. The molecule has 0 spiro atoms. The van der Waals surface area contributed by atoms with Crippen LogP contribution in [0.2, 0.25) is 11.6 Å². The van der Waals surface area contributed by atoms with E-state index in [-0.39, 0.29) is 9.52 Å². The van der Waals surface area contributed by atoms with Crippen LogP contribution in [-0.4, -0.2) is 28.8 Å². The summed E-state index contributed by atoms with van der Waals surface area (Å²) in [5, 5.41) is 6.92. The monoisotopic (exact) mass is 188 g/mol. The van der Waals surface area contributed by atoms with Crippen molar-refractivity contribution in [1.82, 2.24) is 10.6 Å². The molecule has 3 heteroatoms. The molecule has 0 saturated carbocycles. The van der Waals surface area contributed by atoms with Gasteiger partial charge in [-0.05, 0) is 19.1 Å². The Morgan fingerprint density at radius 3 is 1.92 bits per heavy atom. The summed E-state index contributed by atoms with van der Waals surface area (Å²) in [6, 6.07) is 1.37. The molecule has 0 aromatic heterocycles. The first-order chi connectivity index (χ1) is 5.70. The van der Waals surface area contributed by atoms with E-state index >= 15 is 0 Å². The van der Waals surface area contributed by atoms with Gasteiger partial charge in [-0.1, -0.05) is 33.2 Å². The second kappa shape index (κ2) is 7.77. The van der Waals surface area contributed by atoms with E-state index in [1.54, 1.807) is 0 Å². The van der Waals surface area contributed by atoms with E-state index in [9.17, 15) is 0 Å². The van der Waals surface area contributed by atoms with Crippen LogP contribution in [0.4, 0.5) is 0 Å². The van der Waals surface area contributed by atoms with Crippen LogP contribution in [0.15, 0.2) is 0 Å². The molecule has 0 amide bonds. The van der Waals surface area contributed by atoms with Crippen molar-refractivity contribution in [2.24, 2.45) is 0 Å². The Hall–Kier alpha value is 0.137. The lowest BCUT2D eigenvalue weighted by Gasteiger charge is -2.19. The van der Waals surface area contributed by atoms with E-state index in [0.29, 0.717) is 6.17 Å². The lowest BCUT2D eigenvalue weighted by Crippen LogP contribution is -2.42. The lowest BCUT2D eigenvalue weighted by atomic mass is 10.5. The van der Waals surface area contributed by atoms with Gasteiger partial charge in [-0.2, -0.15) is 0 Å². The van der Waals surface area contributed by atoms with E-state index in [0.717, 1.165) is 18.6 Å². The molecule has 0 aliphatic rings.